The number of piperidine rings is 1. The van der Waals surface area contributed by atoms with E-state index in [1.807, 2.05) is 25.1 Å². The molecule has 1 fully saturated rings. The molecule has 2 aromatic rings. The first-order valence-corrected chi connectivity index (χ1v) is 10.9. The summed E-state index contributed by atoms with van der Waals surface area (Å²) in [6, 6.07) is 11.3. The number of rotatable bonds is 8. The number of halogens is 3. The summed E-state index contributed by atoms with van der Waals surface area (Å²) in [4.78, 5) is 27.7. The van der Waals surface area contributed by atoms with Crippen molar-refractivity contribution in [3.8, 4) is 5.75 Å². The third-order valence-corrected chi connectivity index (χ3v) is 5.77. The van der Waals surface area contributed by atoms with Gasteiger partial charge in [-0.05, 0) is 37.1 Å². The molecule has 33 heavy (non-hydrogen) atoms. The first kappa shape index (κ1) is 24.4. The topological polar surface area (TPSA) is 70.7 Å². The molecule has 1 aliphatic heterocycles. The number of anilines is 1. The van der Waals surface area contributed by atoms with Crippen molar-refractivity contribution < 1.29 is 27.5 Å². The van der Waals surface area contributed by atoms with Crippen LogP contribution in [0.3, 0.4) is 0 Å². The molecule has 1 aliphatic rings. The van der Waals surface area contributed by atoms with Crippen molar-refractivity contribution in [2.45, 2.75) is 44.8 Å². The number of hydrogen-bond acceptors (Lipinski definition) is 4. The number of para-hydroxylation sites is 1. The molecule has 6 nitrogen and oxygen atoms in total. The van der Waals surface area contributed by atoms with Crippen LogP contribution in [0.15, 0.2) is 48.5 Å². The first-order chi connectivity index (χ1) is 15.8. The lowest BCUT2D eigenvalue weighted by Crippen LogP contribution is -2.49. The lowest BCUT2D eigenvalue weighted by Gasteiger charge is -2.41. The molecule has 0 bridgehead atoms. The van der Waals surface area contributed by atoms with Crippen molar-refractivity contribution in [2.75, 3.05) is 19.1 Å². The summed E-state index contributed by atoms with van der Waals surface area (Å²) in [5.41, 5.74) is 5.15. The van der Waals surface area contributed by atoms with Gasteiger partial charge in [0.05, 0.1) is 30.3 Å². The monoisotopic (exact) mass is 463 g/mol. The zero-order valence-corrected chi connectivity index (χ0v) is 18.6. The fourth-order valence-corrected chi connectivity index (χ4v) is 4.11. The van der Waals surface area contributed by atoms with E-state index in [9.17, 15) is 22.8 Å². The fourth-order valence-electron chi connectivity index (χ4n) is 4.11. The highest BCUT2D eigenvalue weighted by Crippen LogP contribution is 2.41. The largest absolute Gasteiger partial charge is 0.496 e. The molecular weight excluding hydrogens is 435 g/mol. The number of likely N-dealkylation sites (tertiary alicyclic amines) is 1. The molecule has 2 atom stereocenters. The second-order valence-electron chi connectivity index (χ2n) is 7.97. The standard InChI is InChI=1S/C24H28F3N3O3/c1-3-4-14-30-21(31)13-12-19(22(30)18-10-5-6-11-20(18)33-2)23(32)29-28-17-9-7-8-16(15-17)24(25,26)27/h5-11,15,19,22,28H,3-4,12-14H2,1-2H3,(H,29,32)/t19-,22-/m1/s1. The summed E-state index contributed by atoms with van der Waals surface area (Å²) in [5.74, 6) is -0.469. The van der Waals surface area contributed by atoms with E-state index < -0.39 is 29.6 Å². The maximum atomic E-state index is 13.2. The zero-order chi connectivity index (χ0) is 24.0. The maximum absolute atomic E-state index is 13.2. The first-order valence-electron chi connectivity index (χ1n) is 10.9. The smallest absolute Gasteiger partial charge is 0.416 e. The van der Waals surface area contributed by atoms with Crippen LogP contribution in [-0.4, -0.2) is 30.4 Å². The number of carbonyl (C=O) groups excluding carboxylic acids is 2. The Morgan fingerprint density at radius 2 is 1.94 bits per heavy atom. The minimum atomic E-state index is -4.49. The van der Waals surface area contributed by atoms with E-state index >= 15 is 0 Å². The van der Waals surface area contributed by atoms with Gasteiger partial charge in [-0.15, -0.1) is 0 Å². The molecule has 2 N–H and O–H groups in total. The highest BCUT2D eigenvalue weighted by Gasteiger charge is 2.41. The molecule has 0 saturated carbocycles. The van der Waals surface area contributed by atoms with Crippen LogP contribution in [-0.2, 0) is 15.8 Å². The van der Waals surface area contributed by atoms with Gasteiger partial charge in [0.15, 0.2) is 0 Å². The number of hydrogen-bond donors (Lipinski definition) is 2. The fraction of sp³-hybridized carbons (Fsp3) is 0.417. The van der Waals surface area contributed by atoms with Gasteiger partial charge in [-0.2, -0.15) is 13.2 Å². The summed E-state index contributed by atoms with van der Waals surface area (Å²) in [5, 5.41) is 0. The molecule has 0 aliphatic carbocycles. The number of alkyl halides is 3. The predicted molar refractivity (Wildman–Crippen MR) is 118 cm³/mol. The molecule has 1 heterocycles. The quantitative estimate of drug-likeness (QED) is 0.545. The summed E-state index contributed by atoms with van der Waals surface area (Å²) in [6.07, 6.45) is -2.28. The van der Waals surface area contributed by atoms with Crippen LogP contribution in [0, 0.1) is 5.92 Å². The molecule has 0 aromatic heterocycles. The number of nitrogens with one attached hydrogen (secondary N) is 2. The Labute approximate surface area is 191 Å². The van der Waals surface area contributed by atoms with Crippen molar-refractivity contribution in [2.24, 2.45) is 5.92 Å². The van der Waals surface area contributed by atoms with Crippen LogP contribution < -0.4 is 15.6 Å². The van der Waals surface area contributed by atoms with E-state index in [0.717, 1.165) is 30.5 Å². The van der Waals surface area contributed by atoms with Crippen molar-refractivity contribution in [3.63, 3.8) is 0 Å². The highest BCUT2D eigenvalue weighted by molar-refractivity contribution is 5.86. The number of methoxy groups -OCH3 is 1. The molecule has 3 rings (SSSR count). The SMILES string of the molecule is CCCCN1C(=O)CC[C@@H](C(=O)NNc2cccc(C(F)(F)F)c2)[C@H]1c1ccccc1OC. The van der Waals surface area contributed by atoms with Crippen molar-refractivity contribution in [1.29, 1.82) is 0 Å². The number of hydrazine groups is 1. The van der Waals surface area contributed by atoms with Crippen LogP contribution in [0.25, 0.3) is 0 Å². The lowest BCUT2D eigenvalue weighted by molar-refractivity contribution is -0.143. The molecule has 2 amide bonds. The Morgan fingerprint density at radius 1 is 1.18 bits per heavy atom. The summed E-state index contributed by atoms with van der Waals surface area (Å²) in [7, 11) is 1.53. The van der Waals surface area contributed by atoms with E-state index in [2.05, 4.69) is 10.9 Å². The van der Waals surface area contributed by atoms with Crippen molar-refractivity contribution in [1.82, 2.24) is 10.3 Å². The minimum absolute atomic E-state index is 0.0331. The normalized spacial score (nSPS) is 18.7. The lowest BCUT2D eigenvalue weighted by atomic mass is 9.83. The average molecular weight is 464 g/mol. The van der Waals surface area contributed by atoms with Gasteiger partial charge < -0.3 is 9.64 Å². The Balaban J connectivity index is 1.85. The van der Waals surface area contributed by atoms with E-state index in [0.29, 0.717) is 18.7 Å². The molecule has 2 aromatic carbocycles. The van der Waals surface area contributed by atoms with Crippen LogP contribution >= 0.6 is 0 Å². The zero-order valence-electron chi connectivity index (χ0n) is 18.6. The number of unbranched alkanes of at least 4 members (excludes halogenated alkanes) is 1. The van der Waals surface area contributed by atoms with E-state index in [1.165, 1.54) is 19.2 Å². The highest BCUT2D eigenvalue weighted by atomic mass is 19.4. The second-order valence-corrected chi connectivity index (χ2v) is 7.97. The number of amides is 2. The molecule has 0 radical (unpaired) electrons. The summed E-state index contributed by atoms with van der Waals surface area (Å²) >= 11 is 0. The molecule has 1 saturated heterocycles. The van der Waals surface area contributed by atoms with Crippen LogP contribution in [0.2, 0.25) is 0 Å². The van der Waals surface area contributed by atoms with Gasteiger partial charge in [-0.1, -0.05) is 37.6 Å². The van der Waals surface area contributed by atoms with Gasteiger partial charge in [0.1, 0.15) is 5.75 Å². The summed E-state index contributed by atoms with van der Waals surface area (Å²) < 4.78 is 44.5. The van der Waals surface area contributed by atoms with Crippen molar-refractivity contribution >= 4 is 17.5 Å². The van der Waals surface area contributed by atoms with Crippen LogP contribution in [0.1, 0.15) is 49.8 Å². The van der Waals surface area contributed by atoms with E-state index in [1.54, 1.807) is 11.0 Å². The van der Waals surface area contributed by atoms with Gasteiger partial charge in [-0.25, -0.2) is 0 Å². The van der Waals surface area contributed by atoms with Crippen LogP contribution in [0.5, 0.6) is 5.75 Å². The Bertz CT molecular complexity index is 981. The second kappa shape index (κ2) is 10.6. The molecule has 0 unspecified atom stereocenters. The Hall–Kier alpha value is -3.23. The average Bonchev–Trinajstić information content (AvgIpc) is 2.81. The van der Waals surface area contributed by atoms with Gasteiger partial charge >= 0.3 is 6.18 Å². The van der Waals surface area contributed by atoms with Gasteiger partial charge in [-0.3, -0.25) is 20.4 Å². The third kappa shape index (κ3) is 5.77. The Morgan fingerprint density at radius 3 is 2.64 bits per heavy atom. The number of carbonyl (C=O) groups is 2. The minimum Gasteiger partial charge on any atom is -0.496 e. The number of benzene rings is 2. The number of nitrogens with zero attached hydrogens (tertiary/aromatic N) is 1. The van der Waals surface area contributed by atoms with E-state index in [4.69, 9.17) is 4.74 Å². The molecule has 9 heteroatoms. The van der Waals surface area contributed by atoms with Crippen LogP contribution in [0.4, 0.5) is 18.9 Å². The van der Waals surface area contributed by atoms with Gasteiger partial charge in [0, 0.05) is 18.5 Å². The molecule has 0 spiro atoms. The van der Waals surface area contributed by atoms with Gasteiger partial charge in [0.2, 0.25) is 11.8 Å². The third-order valence-electron chi connectivity index (χ3n) is 5.77. The van der Waals surface area contributed by atoms with Crippen molar-refractivity contribution in [3.05, 3.63) is 59.7 Å². The predicted octanol–water partition coefficient (Wildman–Crippen LogP) is 4.94. The Kier molecular flexibility index (Phi) is 7.84. The summed E-state index contributed by atoms with van der Waals surface area (Å²) in [6.45, 7) is 2.53. The molecular formula is C24H28F3N3O3. The number of ether oxygens (including phenoxy) is 1. The van der Waals surface area contributed by atoms with Gasteiger partial charge in [0.25, 0.3) is 0 Å². The maximum Gasteiger partial charge on any atom is 0.416 e. The molecule has 178 valence electrons. The van der Waals surface area contributed by atoms with E-state index in [-0.39, 0.29) is 18.0 Å².